The van der Waals surface area contributed by atoms with Crippen molar-refractivity contribution in [3.05, 3.63) is 34.9 Å². The average Bonchev–Trinajstić information content (AvgIpc) is 2.48. The van der Waals surface area contributed by atoms with Crippen LogP contribution in [0.4, 0.5) is 0 Å². The summed E-state index contributed by atoms with van der Waals surface area (Å²) < 4.78 is 0. The number of hydrogen-bond donors (Lipinski definition) is 1. The molecule has 0 aliphatic rings. The Morgan fingerprint density at radius 3 is 2.57 bits per heavy atom. The van der Waals surface area contributed by atoms with Crippen molar-refractivity contribution in [2.45, 2.75) is 59.3 Å². The van der Waals surface area contributed by atoms with Crippen molar-refractivity contribution in [1.29, 1.82) is 0 Å². The molecule has 120 valence electrons. The first kappa shape index (κ1) is 18.5. The molecule has 21 heavy (non-hydrogen) atoms. The molecule has 0 bridgehead atoms. The Kier molecular flexibility index (Phi) is 9.78. The third-order valence-electron chi connectivity index (χ3n) is 4.31. The first-order valence-corrected chi connectivity index (χ1v) is 9.02. The van der Waals surface area contributed by atoms with Crippen molar-refractivity contribution in [3.8, 4) is 0 Å². The highest BCUT2D eigenvalue weighted by Gasteiger charge is 2.15. The normalized spacial score (nSPS) is 14.1. The summed E-state index contributed by atoms with van der Waals surface area (Å²) in [7, 11) is 0. The van der Waals surface area contributed by atoms with Crippen molar-refractivity contribution >= 4 is 11.6 Å². The molecule has 2 unspecified atom stereocenters. The zero-order valence-electron chi connectivity index (χ0n) is 14.0. The van der Waals surface area contributed by atoms with Gasteiger partial charge in [0.15, 0.2) is 0 Å². The van der Waals surface area contributed by atoms with E-state index in [4.69, 9.17) is 11.6 Å². The van der Waals surface area contributed by atoms with Gasteiger partial charge in [-0.1, -0.05) is 70.2 Å². The van der Waals surface area contributed by atoms with Crippen LogP contribution >= 0.6 is 11.6 Å². The predicted octanol–water partition coefficient (Wildman–Crippen LogP) is 5.71. The topological polar surface area (TPSA) is 12.0 Å². The minimum absolute atomic E-state index is 0.713. The minimum Gasteiger partial charge on any atom is -0.317 e. The van der Waals surface area contributed by atoms with Crippen LogP contribution < -0.4 is 5.32 Å². The molecule has 0 spiro atoms. The van der Waals surface area contributed by atoms with E-state index in [-0.39, 0.29) is 0 Å². The quantitative estimate of drug-likeness (QED) is 0.551. The van der Waals surface area contributed by atoms with E-state index < -0.39 is 0 Å². The van der Waals surface area contributed by atoms with Gasteiger partial charge in [-0.3, -0.25) is 0 Å². The van der Waals surface area contributed by atoms with Crippen LogP contribution in [0, 0.1) is 11.8 Å². The monoisotopic (exact) mass is 309 g/mol. The molecule has 1 aromatic rings. The zero-order chi connectivity index (χ0) is 15.5. The summed E-state index contributed by atoms with van der Waals surface area (Å²) in [6.45, 7) is 8.98. The standard InChI is InChI=1S/C19H32ClN/c1-4-7-9-16(5-2)12-18(15-21-6-3)13-17-10-8-11-19(20)14-17/h8,10-11,14,16,18,21H,4-7,9,12-13,15H2,1-3H3. The fraction of sp³-hybridized carbons (Fsp3) is 0.684. The van der Waals surface area contributed by atoms with Gasteiger partial charge in [-0.25, -0.2) is 0 Å². The largest absolute Gasteiger partial charge is 0.317 e. The van der Waals surface area contributed by atoms with Gasteiger partial charge in [0.25, 0.3) is 0 Å². The molecule has 0 aliphatic heterocycles. The lowest BCUT2D eigenvalue weighted by Gasteiger charge is -2.23. The number of hydrogen-bond acceptors (Lipinski definition) is 1. The molecular weight excluding hydrogens is 278 g/mol. The van der Waals surface area contributed by atoms with Crippen LogP contribution in [0.15, 0.2) is 24.3 Å². The van der Waals surface area contributed by atoms with E-state index in [1.807, 2.05) is 6.07 Å². The van der Waals surface area contributed by atoms with Gasteiger partial charge in [-0.2, -0.15) is 0 Å². The fourth-order valence-corrected chi connectivity index (χ4v) is 3.25. The van der Waals surface area contributed by atoms with Gasteiger partial charge >= 0.3 is 0 Å². The lowest BCUT2D eigenvalue weighted by Crippen LogP contribution is -2.26. The van der Waals surface area contributed by atoms with Gasteiger partial charge in [0.2, 0.25) is 0 Å². The number of rotatable bonds is 11. The molecule has 0 saturated heterocycles. The number of halogens is 1. The maximum atomic E-state index is 6.12. The molecule has 0 aliphatic carbocycles. The maximum absolute atomic E-state index is 6.12. The fourth-order valence-electron chi connectivity index (χ4n) is 3.04. The molecule has 1 nitrogen and oxygen atoms in total. The summed E-state index contributed by atoms with van der Waals surface area (Å²) in [5.74, 6) is 1.58. The van der Waals surface area contributed by atoms with Gasteiger partial charge in [0.05, 0.1) is 0 Å². The molecule has 0 aromatic heterocycles. The summed E-state index contributed by atoms with van der Waals surface area (Å²) >= 11 is 6.12. The van der Waals surface area contributed by atoms with Crippen LogP contribution in [-0.2, 0) is 6.42 Å². The second-order valence-electron chi connectivity index (χ2n) is 6.16. The van der Waals surface area contributed by atoms with Crippen LogP contribution in [0.25, 0.3) is 0 Å². The summed E-state index contributed by atoms with van der Waals surface area (Å²) in [4.78, 5) is 0. The second-order valence-corrected chi connectivity index (χ2v) is 6.60. The highest BCUT2D eigenvalue weighted by molar-refractivity contribution is 6.30. The predicted molar refractivity (Wildman–Crippen MR) is 95.1 cm³/mol. The Labute approximate surface area is 136 Å². The smallest absolute Gasteiger partial charge is 0.0408 e. The van der Waals surface area contributed by atoms with E-state index in [2.05, 4.69) is 44.3 Å². The molecule has 2 atom stereocenters. The highest BCUT2D eigenvalue weighted by atomic mass is 35.5. The Balaban J connectivity index is 2.61. The number of unbranched alkanes of at least 4 members (excludes halogenated alkanes) is 1. The van der Waals surface area contributed by atoms with Gasteiger partial charge in [0.1, 0.15) is 0 Å². The van der Waals surface area contributed by atoms with E-state index in [0.29, 0.717) is 5.92 Å². The van der Waals surface area contributed by atoms with Gasteiger partial charge in [0, 0.05) is 5.02 Å². The van der Waals surface area contributed by atoms with Gasteiger partial charge in [-0.15, -0.1) is 0 Å². The summed E-state index contributed by atoms with van der Waals surface area (Å²) in [6.07, 6.45) is 7.82. The highest BCUT2D eigenvalue weighted by Crippen LogP contribution is 2.24. The van der Waals surface area contributed by atoms with Crippen LogP contribution in [0.5, 0.6) is 0 Å². The van der Waals surface area contributed by atoms with Crippen molar-refractivity contribution in [3.63, 3.8) is 0 Å². The van der Waals surface area contributed by atoms with Crippen molar-refractivity contribution in [1.82, 2.24) is 5.32 Å². The molecular formula is C19H32ClN. The molecule has 0 fully saturated rings. The van der Waals surface area contributed by atoms with E-state index >= 15 is 0 Å². The average molecular weight is 310 g/mol. The lowest BCUT2D eigenvalue weighted by molar-refractivity contribution is 0.326. The van der Waals surface area contributed by atoms with Crippen LogP contribution in [0.3, 0.4) is 0 Å². The molecule has 1 aromatic carbocycles. The minimum atomic E-state index is 0.713. The summed E-state index contributed by atoms with van der Waals surface area (Å²) in [5, 5.41) is 4.39. The molecule has 0 saturated carbocycles. The summed E-state index contributed by atoms with van der Waals surface area (Å²) in [5.41, 5.74) is 1.37. The SMILES string of the molecule is CCCCC(CC)CC(CNCC)Cc1cccc(Cl)c1. The van der Waals surface area contributed by atoms with Crippen molar-refractivity contribution < 1.29 is 0 Å². The lowest BCUT2D eigenvalue weighted by atomic mass is 9.85. The first-order chi connectivity index (χ1) is 10.2. The molecule has 1 rings (SSSR count). The zero-order valence-corrected chi connectivity index (χ0v) is 14.8. The van der Waals surface area contributed by atoms with E-state index in [1.54, 1.807) is 0 Å². The molecule has 0 heterocycles. The van der Waals surface area contributed by atoms with Gasteiger partial charge < -0.3 is 5.32 Å². The van der Waals surface area contributed by atoms with Crippen molar-refractivity contribution in [2.24, 2.45) is 11.8 Å². The Bertz CT molecular complexity index is 378. The molecule has 0 amide bonds. The van der Waals surface area contributed by atoms with E-state index in [0.717, 1.165) is 30.5 Å². The third-order valence-corrected chi connectivity index (χ3v) is 4.54. The molecule has 2 heteroatoms. The second kappa shape index (κ2) is 11.1. The van der Waals surface area contributed by atoms with E-state index in [9.17, 15) is 0 Å². The Morgan fingerprint density at radius 1 is 1.14 bits per heavy atom. The maximum Gasteiger partial charge on any atom is 0.0408 e. The Morgan fingerprint density at radius 2 is 1.95 bits per heavy atom. The molecule has 0 radical (unpaired) electrons. The van der Waals surface area contributed by atoms with Crippen LogP contribution in [-0.4, -0.2) is 13.1 Å². The van der Waals surface area contributed by atoms with E-state index in [1.165, 1.54) is 37.7 Å². The molecule has 1 N–H and O–H groups in total. The van der Waals surface area contributed by atoms with Crippen LogP contribution in [0.1, 0.15) is 58.4 Å². The van der Waals surface area contributed by atoms with Crippen molar-refractivity contribution in [2.75, 3.05) is 13.1 Å². The number of nitrogens with one attached hydrogen (secondary N) is 1. The number of benzene rings is 1. The van der Waals surface area contributed by atoms with Crippen LogP contribution in [0.2, 0.25) is 5.02 Å². The first-order valence-electron chi connectivity index (χ1n) is 8.64. The third kappa shape index (κ3) is 7.87. The Hall–Kier alpha value is -0.530. The summed E-state index contributed by atoms with van der Waals surface area (Å²) in [6, 6.07) is 8.35. The van der Waals surface area contributed by atoms with Gasteiger partial charge in [-0.05, 0) is 55.5 Å².